The van der Waals surface area contributed by atoms with E-state index in [4.69, 9.17) is 18.9 Å². The molecule has 0 bridgehead atoms. The Labute approximate surface area is 201 Å². The van der Waals surface area contributed by atoms with Gasteiger partial charge in [0, 0.05) is 12.7 Å². The topological polar surface area (TPSA) is 80.7 Å². The molecule has 34 heavy (non-hydrogen) atoms. The van der Waals surface area contributed by atoms with Gasteiger partial charge in [0.2, 0.25) is 5.91 Å². The summed E-state index contributed by atoms with van der Waals surface area (Å²) < 4.78 is 21.4. The Kier molecular flexibility index (Phi) is 8.06. The highest BCUT2D eigenvalue weighted by atomic mass is 16.5. The van der Waals surface area contributed by atoms with Crippen molar-refractivity contribution in [2.75, 3.05) is 48.6 Å². The zero-order valence-corrected chi connectivity index (χ0v) is 20.8. The summed E-state index contributed by atoms with van der Waals surface area (Å²) in [6.45, 7) is 2.43. The summed E-state index contributed by atoms with van der Waals surface area (Å²) in [6.07, 6.45) is 4.48. The van der Waals surface area contributed by atoms with Crippen molar-refractivity contribution in [1.82, 2.24) is 9.80 Å². The largest absolute Gasteiger partial charge is 0.493 e. The van der Waals surface area contributed by atoms with Crippen molar-refractivity contribution in [3.63, 3.8) is 0 Å². The van der Waals surface area contributed by atoms with Gasteiger partial charge >= 0.3 is 0 Å². The summed E-state index contributed by atoms with van der Waals surface area (Å²) in [5, 5.41) is 11.2. The number of likely N-dealkylation sites (N-methyl/N-ethyl adjacent to an activating group) is 1. The quantitative estimate of drug-likeness (QED) is 0.535. The van der Waals surface area contributed by atoms with Crippen LogP contribution in [0.25, 0.3) is 6.08 Å². The fourth-order valence-corrected chi connectivity index (χ4v) is 3.92. The molecule has 0 aromatic heterocycles. The van der Waals surface area contributed by atoms with Crippen molar-refractivity contribution in [2.24, 2.45) is 0 Å². The molecule has 3 rings (SSSR count). The highest BCUT2D eigenvalue weighted by Gasteiger charge is 2.31. The van der Waals surface area contributed by atoms with Crippen LogP contribution in [0, 0.1) is 0 Å². The number of hydrogen-bond donors (Lipinski definition) is 1. The van der Waals surface area contributed by atoms with Crippen molar-refractivity contribution in [3.05, 3.63) is 53.2 Å². The zero-order valence-electron chi connectivity index (χ0n) is 20.8. The number of ether oxygens (including phenoxy) is 4. The van der Waals surface area contributed by atoms with Gasteiger partial charge in [-0.15, -0.1) is 0 Å². The number of rotatable bonds is 10. The third-order valence-electron chi connectivity index (χ3n) is 6.22. The Morgan fingerprint density at radius 1 is 0.971 bits per heavy atom. The van der Waals surface area contributed by atoms with Crippen LogP contribution in [-0.2, 0) is 17.6 Å². The van der Waals surface area contributed by atoms with E-state index in [9.17, 15) is 9.90 Å². The summed E-state index contributed by atoms with van der Waals surface area (Å²) in [7, 11) is 8.20. The van der Waals surface area contributed by atoms with Gasteiger partial charge in [0.25, 0.3) is 0 Å². The normalized spacial score (nSPS) is 14.9. The average molecular weight is 471 g/mol. The first-order chi connectivity index (χ1) is 16.2. The molecule has 1 heterocycles. The molecule has 0 aliphatic carbocycles. The number of methoxy groups -OCH3 is 4. The monoisotopic (exact) mass is 470 g/mol. The van der Waals surface area contributed by atoms with Crippen molar-refractivity contribution >= 4 is 12.0 Å². The third-order valence-corrected chi connectivity index (χ3v) is 6.22. The molecule has 8 nitrogen and oxygen atoms in total. The molecule has 1 amide bonds. The molecule has 1 atom stereocenters. The number of nitrogens with zero attached hydrogens (tertiary/aromatic N) is 2. The van der Waals surface area contributed by atoms with Gasteiger partial charge in [-0.3, -0.25) is 9.69 Å². The van der Waals surface area contributed by atoms with Gasteiger partial charge in [0.15, 0.2) is 23.0 Å². The molecule has 0 fully saturated rings. The maximum absolute atomic E-state index is 13.0. The number of fused-ring (bicyclic) bond motifs is 1. The first kappa shape index (κ1) is 25.4. The number of benzene rings is 2. The molecule has 2 aromatic carbocycles. The first-order valence-electron chi connectivity index (χ1n) is 11.1. The third kappa shape index (κ3) is 5.63. The van der Waals surface area contributed by atoms with Crippen LogP contribution in [0.15, 0.2) is 36.5 Å². The van der Waals surface area contributed by atoms with Crippen LogP contribution in [0.5, 0.6) is 23.0 Å². The van der Waals surface area contributed by atoms with E-state index in [0.717, 1.165) is 16.7 Å². The molecule has 184 valence electrons. The number of β-amino-alcohol motifs (C(OH)–C–C–N with tert-alkyl or cyclic N) is 1. The summed E-state index contributed by atoms with van der Waals surface area (Å²) in [4.78, 5) is 16.4. The molecular formula is C26H34N2O6. The standard InChI is InChI=1S/C26H34N2O6/c1-26(30,27(2)11-9-18-7-8-21(31-3)22(13-18)32-4)17-28-12-10-19-14-23(33-5)24(34-6)15-20(19)16-25(28)29/h7-8,10,12-15,30H,9,11,16-17H2,1-6H3. The van der Waals surface area contributed by atoms with E-state index < -0.39 is 5.72 Å². The van der Waals surface area contributed by atoms with E-state index in [2.05, 4.69) is 0 Å². The Morgan fingerprint density at radius 3 is 2.24 bits per heavy atom. The zero-order chi connectivity index (χ0) is 24.9. The molecule has 8 heteroatoms. The first-order valence-corrected chi connectivity index (χ1v) is 11.1. The number of carbonyl (C=O) groups is 1. The fourth-order valence-electron chi connectivity index (χ4n) is 3.92. The van der Waals surface area contributed by atoms with Gasteiger partial charge in [-0.1, -0.05) is 6.07 Å². The van der Waals surface area contributed by atoms with E-state index in [1.165, 1.54) is 0 Å². The molecule has 2 aromatic rings. The van der Waals surface area contributed by atoms with Gasteiger partial charge in [-0.25, -0.2) is 0 Å². The van der Waals surface area contributed by atoms with Gasteiger partial charge in [-0.2, -0.15) is 0 Å². The highest BCUT2D eigenvalue weighted by molar-refractivity contribution is 5.84. The maximum atomic E-state index is 13.0. The van der Waals surface area contributed by atoms with Gasteiger partial charge < -0.3 is 29.0 Å². The highest BCUT2D eigenvalue weighted by Crippen LogP contribution is 2.33. The lowest BCUT2D eigenvalue weighted by Gasteiger charge is -2.37. The number of aliphatic hydroxyl groups is 1. The summed E-state index contributed by atoms with van der Waals surface area (Å²) in [6, 6.07) is 9.46. The summed E-state index contributed by atoms with van der Waals surface area (Å²) in [5.74, 6) is 2.43. The Bertz CT molecular complexity index is 1050. The van der Waals surface area contributed by atoms with Crippen molar-refractivity contribution in [3.8, 4) is 23.0 Å². The van der Waals surface area contributed by atoms with Crippen LogP contribution in [0.1, 0.15) is 23.6 Å². The Balaban J connectivity index is 1.68. The lowest BCUT2D eigenvalue weighted by Crippen LogP contribution is -2.52. The molecule has 1 aliphatic rings. The van der Waals surface area contributed by atoms with Crippen molar-refractivity contribution in [1.29, 1.82) is 0 Å². The number of amides is 1. The predicted octanol–water partition coefficient (Wildman–Crippen LogP) is 2.96. The van der Waals surface area contributed by atoms with E-state index in [1.54, 1.807) is 46.5 Å². The average Bonchev–Trinajstić information content (AvgIpc) is 2.98. The SMILES string of the molecule is COc1ccc(CCN(C)C(C)(O)CN2C=Cc3cc(OC)c(OC)cc3CC2=O)cc1OC. The van der Waals surface area contributed by atoms with E-state index in [0.29, 0.717) is 36.0 Å². The minimum absolute atomic E-state index is 0.101. The van der Waals surface area contributed by atoms with Gasteiger partial charge in [0.1, 0.15) is 5.72 Å². The van der Waals surface area contributed by atoms with Crippen LogP contribution < -0.4 is 18.9 Å². The summed E-state index contributed by atoms with van der Waals surface area (Å²) in [5.41, 5.74) is 1.56. The Morgan fingerprint density at radius 2 is 1.59 bits per heavy atom. The molecule has 1 N–H and O–H groups in total. The van der Waals surface area contributed by atoms with Crippen LogP contribution in [0.3, 0.4) is 0 Å². The second kappa shape index (κ2) is 10.8. The van der Waals surface area contributed by atoms with Crippen molar-refractivity contribution in [2.45, 2.75) is 25.5 Å². The van der Waals surface area contributed by atoms with Gasteiger partial charge in [-0.05, 0) is 67.4 Å². The lowest BCUT2D eigenvalue weighted by molar-refractivity contribution is -0.137. The minimum atomic E-state index is -1.23. The lowest BCUT2D eigenvalue weighted by atomic mass is 10.0. The minimum Gasteiger partial charge on any atom is -0.493 e. The van der Waals surface area contributed by atoms with Crippen LogP contribution in [0.4, 0.5) is 0 Å². The van der Waals surface area contributed by atoms with Crippen molar-refractivity contribution < 1.29 is 28.8 Å². The predicted molar refractivity (Wildman–Crippen MR) is 131 cm³/mol. The summed E-state index contributed by atoms with van der Waals surface area (Å²) >= 11 is 0. The number of carbonyl (C=O) groups excluding carboxylic acids is 1. The Hall–Kier alpha value is -3.23. The van der Waals surface area contributed by atoms with E-state index >= 15 is 0 Å². The molecule has 1 aliphatic heterocycles. The molecule has 0 saturated heterocycles. The van der Waals surface area contributed by atoms with E-state index in [-0.39, 0.29) is 18.9 Å². The van der Waals surface area contributed by atoms with E-state index in [1.807, 2.05) is 48.4 Å². The molecule has 0 saturated carbocycles. The fraction of sp³-hybridized carbons (Fsp3) is 0.423. The molecular weight excluding hydrogens is 436 g/mol. The van der Waals surface area contributed by atoms with Crippen LogP contribution in [0.2, 0.25) is 0 Å². The number of hydrogen-bond acceptors (Lipinski definition) is 7. The molecule has 0 radical (unpaired) electrons. The molecule has 0 spiro atoms. The second-order valence-corrected chi connectivity index (χ2v) is 8.50. The van der Waals surface area contributed by atoms with Crippen LogP contribution in [-0.4, -0.2) is 75.1 Å². The molecule has 1 unspecified atom stereocenters. The smallest absolute Gasteiger partial charge is 0.231 e. The van der Waals surface area contributed by atoms with Gasteiger partial charge in [0.05, 0.1) is 41.4 Å². The van der Waals surface area contributed by atoms with Crippen LogP contribution >= 0.6 is 0 Å². The maximum Gasteiger partial charge on any atom is 0.231 e. The second-order valence-electron chi connectivity index (χ2n) is 8.50.